The Hall–Kier alpha value is -3.16. The molecule has 0 bridgehead atoms. The summed E-state index contributed by atoms with van der Waals surface area (Å²) in [5, 5.41) is 5.59. The molecular formula is C31H31Si. The van der Waals surface area contributed by atoms with Crippen LogP contribution in [0.2, 0.25) is 0 Å². The van der Waals surface area contributed by atoms with Crippen LogP contribution in [0.3, 0.4) is 0 Å². The second-order valence-corrected chi connectivity index (χ2v) is 12.8. The first-order valence-corrected chi connectivity index (χ1v) is 13.3. The highest BCUT2D eigenvalue weighted by atomic mass is 28.3. The molecule has 0 aliphatic rings. The van der Waals surface area contributed by atoms with Gasteiger partial charge >= 0.3 is 0 Å². The Balaban J connectivity index is 1.98. The maximum Gasteiger partial charge on any atom is 0.175 e. The third kappa shape index (κ3) is 4.40. The molecule has 32 heavy (non-hydrogen) atoms. The summed E-state index contributed by atoms with van der Waals surface area (Å²) in [7, 11) is -2.44. The van der Waals surface area contributed by atoms with Crippen molar-refractivity contribution in [2.24, 2.45) is 0 Å². The summed E-state index contributed by atoms with van der Waals surface area (Å²) in [6.07, 6.45) is 4.68. The van der Waals surface area contributed by atoms with Crippen LogP contribution in [-0.2, 0) is 6.42 Å². The zero-order valence-corrected chi connectivity index (χ0v) is 20.5. The Kier molecular flexibility index (Phi) is 6.57. The summed E-state index contributed by atoms with van der Waals surface area (Å²) < 4.78 is 0. The Bertz CT molecular complexity index is 1070. The first-order chi connectivity index (χ1) is 15.5. The van der Waals surface area contributed by atoms with E-state index in [1.54, 1.807) is 0 Å². The normalized spacial score (nSPS) is 12.1. The SMILES string of the molecule is CC(=[C]Cc1ccccc1)[Si](c1ccc(C)cc1)(c1ccc(C)cc1)c1ccc(C)cc1. The average molecular weight is 432 g/mol. The third-order valence-electron chi connectivity index (χ3n) is 6.42. The van der Waals surface area contributed by atoms with Gasteiger partial charge in [0.15, 0.2) is 8.07 Å². The quantitative estimate of drug-likeness (QED) is 0.275. The Morgan fingerprint density at radius 1 is 0.562 bits per heavy atom. The van der Waals surface area contributed by atoms with E-state index in [9.17, 15) is 0 Å². The average Bonchev–Trinajstić information content (AvgIpc) is 2.82. The molecule has 0 aliphatic carbocycles. The molecule has 1 radical (unpaired) electrons. The fourth-order valence-electron chi connectivity index (χ4n) is 4.52. The minimum Gasteiger partial charge on any atom is -0.0667 e. The lowest BCUT2D eigenvalue weighted by molar-refractivity contribution is 1.21. The standard InChI is InChI=1S/C31H31Si/c1-24-10-18-29(19-11-24)32(30-20-12-25(2)13-21-30,31-22-14-26(3)15-23-31)27(4)16-17-28-8-6-5-7-9-28/h5-15,18-23H,17H2,1-4H3. The number of hydrogen-bond acceptors (Lipinski definition) is 0. The van der Waals surface area contributed by atoms with Crippen LogP contribution in [0.4, 0.5) is 0 Å². The fraction of sp³-hybridized carbons (Fsp3) is 0.161. The highest BCUT2D eigenvalue weighted by Crippen LogP contribution is 2.19. The van der Waals surface area contributed by atoms with Gasteiger partial charge in [-0.15, -0.1) is 0 Å². The molecular weight excluding hydrogens is 400 g/mol. The molecule has 159 valence electrons. The molecule has 0 aromatic heterocycles. The summed E-state index contributed by atoms with van der Waals surface area (Å²) in [5.41, 5.74) is 5.17. The Morgan fingerprint density at radius 3 is 1.31 bits per heavy atom. The fourth-order valence-corrected chi connectivity index (χ4v) is 9.18. The van der Waals surface area contributed by atoms with Gasteiger partial charge < -0.3 is 0 Å². The van der Waals surface area contributed by atoms with Gasteiger partial charge in [-0.05, 0) is 61.3 Å². The molecule has 0 heterocycles. The van der Waals surface area contributed by atoms with Gasteiger partial charge in [-0.3, -0.25) is 0 Å². The molecule has 1 heteroatoms. The summed E-state index contributed by atoms with van der Waals surface area (Å²) in [6, 6.07) is 38.2. The predicted molar refractivity (Wildman–Crippen MR) is 141 cm³/mol. The number of rotatable bonds is 6. The van der Waals surface area contributed by atoms with Crippen LogP contribution in [-0.4, -0.2) is 8.07 Å². The highest BCUT2D eigenvalue weighted by molar-refractivity contribution is 7.16. The van der Waals surface area contributed by atoms with E-state index in [0.29, 0.717) is 0 Å². The maximum atomic E-state index is 3.86. The van der Waals surface area contributed by atoms with Crippen molar-refractivity contribution in [1.29, 1.82) is 0 Å². The van der Waals surface area contributed by atoms with Crippen LogP contribution >= 0.6 is 0 Å². The highest BCUT2D eigenvalue weighted by Gasteiger charge is 2.41. The van der Waals surface area contributed by atoms with Gasteiger partial charge in [-0.25, -0.2) is 0 Å². The van der Waals surface area contributed by atoms with E-state index in [0.717, 1.165) is 6.42 Å². The van der Waals surface area contributed by atoms with Crippen molar-refractivity contribution < 1.29 is 0 Å². The van der Waals surface area contributed by atoms with Crippen LogP contribution in [0, 0.1) is 26.8 Å². The van der Waals surface area contributed by atoms with Crippen molar-refractivity contribution in [3.8, 4) is 0 Å². The van der Waals surface area contributed by atoms with Gasteiger partial charge in [-0.1, -0.05) is 125 Å². The Labute approximate surface area is 194 Å². The molecule has 0 N–H and O–H groups in total. The van der Waals surface area contributed by atoms with E-state index in [1.807, 2.05) is 0 Å². The zero-order valence-electron chi connectivity index (χ0n) is 19.5. The molecule has 0 unspecified atom stereocenters. The molecule has 0 aliphatic heterocycles. The van der Waals surface area contributed by atoms with Gasteiger partial charge in [-0.2, -0.15) is 0 Å². The number of benzene rings is 4. The maximum absolute atomic E-state index is 3.86. The van der Waals surface area contributed by atoms with E-state index in [4.69, 9.17) is 0 Å². The van der Waals surface area contributed by atoms with Crippen LogP contribution in [0.5, 0.6) is 0 Å². The predicted octanol–water partition coefficient (Wildman–Crippen LogP) is 5.61. The second kappa shape index (κ2) is 9.54. The summed E-state index contributed by atoms with van der Waals surface area (Å²) in [4.78, 5) is 0. The zero-order chi connectivity index (χ0) is 22.6. The molecule has 4 rings (SSSR count). The monoisotopic (exact) mass is 431 g/mol. The van der Waals surface area contributed by atoms with Crippen molar-refractivity contribution in [3.63, 3.8) is 0 Å². The number of hydrogen-bond donors (Lipinski definition) is 0. The van der Waals surface area contributed by atoms with Crippen molar-refractivity contribution >= 4 is 23.6 Å². The topological polar surface area (TPSA) is 0 Å². The minimum absolute atomic E-state index is 0.824. The van der Waals surface area contributed by atoms with E-state index in [2.05, 4.69) is 137 Å². The van der Waals surface area contributed by atoms with Crippen molar-refractivity contribution in [3.05, 3.63) is 137 Å². The van der Waals surface area contributed by atoms with E-state index in [1.165, 1.54) is 43.0 Å². The van der Waals surface area contributed by atoms with Gasteiger partial charge in [0.1, 0.15) is 0 Å². The van der Waals surface area contributed by atoms with Gasteiger partial charge in [0, 0.05) is 0 Å². The van der Waals surface area contributed by atoms with Crippen LogP contribution in [0.15, 0.2) is 108 Å². The first kappa shape index (κ1) is 22.0. The molecule has 0 spiro atoms. The lowest BCUT2D eigenvalue weighted by Crippen LogP contribution is -2.68. The van der Waals surface area contributed by atoms with Crippen LogP contribution < -0.4 is 15.6 Å². The molecule has 0 saturated heterocycles. The van der Waals surface area contributed by atoms with Crippen LogP contribution in [0.1, 0.15) is 29.2 Å². The van der Waals surface area contributed by atoms with Gasteiger partial charge in [0.2, 0.25) is 0 Å². The molecule has 4 aromatic rings. The molecule has 0 nitrogen and oxygen atoms in total. The lowest BCUT2D eigenvalue weighted by atomic mass is 10.1. The molecule has 4 aromatic carbocycles. The number of allylic oxidation sites excluding steroid dienone is 2. The minimum atomic E-state index is -2.44. The van der Waals surface area contributed by atoms with Crippen molar-refractivity contribution in [2.45, 2.75) is 34.1 Å². The van der Waals surface area contributed by atoms with Crippen molar-refractivity contribution in [1.82, 2.24) is 0 Å². The molecule has 0 atom stereocenters. The summed E-state index contributed by atoms with van der Waals surface area (Å²) in [6.45, 7) is 8.79. The third-order valence-corrected chi connectivity index (χ3v) is 11.3. The second-order valence-electron chi connectivity index (χ2n) is 8.81. The van der Waals surface area contributed by atoms with Gasteiger partial charge in [0.05, 0.1) is 0 Å². The van der Waals surface area contributed by atoms with Crippen LogP contribution in [0.25, 0.3) is 0 Å². The smallest absolute Gasteiger partial charge is 0.0667 e. The van der Waals surface area contributed by atoms with E-state index < -0.39 is 8.07 Å². The molecule has 0 amide bonds. The first-order valence-electron chi connectivity index (χ1n) is 11.3. The molecule has 0 saturated carbocycles. The number of aryl methyl sites for hydroxylation is 3. The Morgan fingerprint density at radius 2 is 0.938 bits per heavy atom. The lowest BCUT2D eigenvalue weighted by Gasteiger charge is -2.35. The van der Waals surface area contributed by atoms with Gasteiger partial charge in [0.25, 0.3) is 0 Å². The van der Waals surface area contributed by atoms with Crippen molar-refractivity contribution in [2.75, 3.05) is 0 Å². The largest absolute Gasteiger partial charge is 0.175 e. The molecule has 0 fully saturated rings. The van der Waals surface area contributed by atoms with E-state index in [-0.39, 0.29) is 0 Å². The van der Waals surface area contributed by atoms with E-state index >= 15 is 0 Å². The summed E-state index contributed by atoms with van der Waals surface area (Å²) in [5.74, 6) is 0. The summed E-state index contributed by atoms with van der Waals surface area (Å²) >= 11 is 0.